The summed E-state index contributed by atoms with van der Waals surface area (Å²) in [7, 11) is 0. The fourth-order valence-corrected chi connectivity index (χ4v) is 10.3. The molecule has 0 amide bonds. The Morgan fingerprint density at radius 2 is 0.712 bits per heavy atom. The molecule has 0 radical (unpaired) electrons. The predicted octanol–water partition coefficient (Wildman–Crippen LogP) is 16.6. The fourth-order valence-electron chi connectivity index (χ4n) is 10.3. The van der Waals surface area contributed by atoms with Crippen LogP contribution in [0.5, 0.6) is 0 Å². The molecular weight excluding hydrogens is 801 g/mol. The van der Waals surface area contributed by atoms with E-state index in [9.17, 15) is 0 Å². The highest BCUT2D eigenvalue weighted by atomic mass is 15.1. The lowest BCUT2D eigenvalue weighted by atomic mass is 10.0. The largest absolute Gasteiger partial charge is 0.316 e. The molecular formula is C62H42N4. The second-order valence-electron chi connectivity index (χ2n) is 17.0. The van der Waals surface area contributed by atoms with Crippen LogP contribution in [0.3, 0.4) is 0 Å². The second-order valence-corrected chi connectivity index (χ2v) is 17.0. The van der Waals surface area contributed by atoms with Gasteiger partial charge in [-0.1, -0.05) is 152 Å². The van der Waals surface area contributed by atoms with Gasteiger partial charge in [0.1, 0.15) is 0 Å². The number of hydrogen-bond acceptors (Lipinski definition) is 1. The smallest absolute Gasteiger partial charge is 0.0641 e. The van der Waals surface area contributed by atoms with Gasteiger partial charge in [-0.05, 0) is 119 Å². The van der Waals surface area contributed by atoms with Gasteiger partial charge in [0.05, 0.1) is 27.6 Å². The van der Waals surface area contributed by atoms with E-state index >= 15 is 0 Å². The SMILES string of the molecule is c1ccc(-c2ccc(N(c3ccc(-c4ccccc4)cc3)c3ccc(-n4c5c(ccc6c5ccn6-c5ccccc5)c5ccc6c(c7ccccc7n6-c6ccccc6)c54)cc3)cc2)cc1. The molecule has 4 nitrogen and oxygen atoms in total. The monoisotopic (exact) mass is 842 g/mol. The Hall–Kier alpha value is -8.86. The summed E-state index contributed by atoms with van der Waals surface area (Å²) < 4.78 is 7.26. The zero-order chi connectivity index (χ0) is 43.6. The van der Waals surface area contributed by atoms with Gasteiger partial charge in [0.25, 0.3) is 0 Å². The number of benzene rings is 10. The second kappa shape index (κ2) is 15.4. The number of para-hydroxylation sites is 3. The molecule has 3 heterocycles. The molecule has 0 spiro atoms. The van der Waals surface area contributed by atoms with Gasteiger partial charge in [-0.3, -0.25) is 0 Å². The van der Waals surface area contributed by atoms with E-state index in [2.05, 4.69) is 274 Å². The van der Waals surface area contributed by atoms with Crippen molar-refractivity contribution in [3.63, 3.8) is 0 Å². The molecule has 13 rings (SSSR count). The summed E-state index contributed by atoms with van der Waals surface area (Å²) in [5.41, 5.74) is 17.3. The molecule has 0 unspecified atom stereocenters. The summed E-state index contributed by atoms with van der Waals surface area (Å²) in [6.45, 7) is 0. The van der Waals surface area contributed by atoms with E-state index in [0.717, 1.165) is 34.1 Å². The summed E-state index contributed by atoms with van der Waals surface area (Å²) in [5.74, 6) is 0. The number of fused-ring (bicyclic) bond motifs is 9. The summed E-state index contributed by atoms with van der Waals surface area (Å²) in [5, 5.41) is 6.12. The minimum Gasteiger partial charge on any atom is -0.316 e. The van der Waals surface area contributed by atoms with E-state index in [4.69, 9.17) is 0 Å². The highest BCUT2D eigenvalue weighted by Gasteiger charge is 2.23. The lowest BCUT2D eigenvalue weighted by molar-refractivity contribution is 1.13. The molecule has 10 aromatic carbocycles. The molecule has 0 saturated heterocycles. The van der Waals surface area contributed by atoms with Gasteiger partial charge in [0.2, 0.25) is 0 Å². The normalized spacial score (nSPS) is 11.6. The van der Waals surface area contributed by atoms with Crippen molar-refractivity contribution >= 4 is 71.6 Å². The van der Waals surface area contributed by atoms with Crippen LogP contribution >= 0.6 is 0 Å². The molecule has 66 heavy (non-hydrogen) atoms. The van der Waals surface area contributed by atoms with Crippen LogP contribution in [0.2, 0.25) is 0 Å². The predicted molar refractivity (Wildman–Crippen MR) is 278 cm³/mol. The van der Waals surface area contributed by atoms with E-state index < -0.39 is 0 Å². The lowest BCUT2D eigenvalue weighted by Crippen LogP contribution is -2.10. The van der Waals surface area contributed by atoms with Gasteiger partial charge in [-0.2, -0.15) is 0 Å². The molecule has 4 heteroatoms. The van der Waals surface area contributed by atoms with E-state index in [1.165, 1.54) is 76.8 Å². The summed E-state index contributed by atoms with van der Waals surface area (Å²) in [6.07, 6.45) is 2.21. The van der Waals surface area contributed by atoms with Crippen LogP contribution in [-0.4, -0.2) is 13.7 Å². The van der Waals surface area contributed by atoms with Crippen LogP contribution in [0.1, 0.15) is 0 Å². The quantitative estimate of drug-likeness (QED) is 0.149. The molecule has 3 aromatic heterocycles. The molecule has 0 N–H and O–H groups in total. The maximum Gasteiger partial charge on any atom is 0.0641 e. The number of rotatable bonds is 8. The van der Waals surface area contributed by atoms with E-state index in [1.807, 2.05) is 0 Å². The van der Waals surface area contributed by atoms with Gasteiger partial charge in [0, 0.05) is 67.3 Å². The zero-order valence-electron chi connectivity index (χ0n) is 36.0. The average Bonchev–Trinajstić information content (AvgIpc) is 4.09. The first kappa shape index (κ1) is 37.7. The number of anilines is 3. The molecule has 0 fully saturated rings. The highest BCUT2D eigenvalue weighted by molar-refractivity contribution is 6.28. The first-order valence-electron chi connectivity index (χ1n) is 22.6. The Morgan fingerprint density at radius 1 is 0.258 bits per heavy atom. The molecule has 310 valence electrons. The Morgan fingerprint density at radius 3 is 1.30 bits per heavy atom. The average molecular weight is 843 g/mol. The number of hydrogen-bond donors (Lipinski definition) is 0. The molecule has 0 atom stereocenters. The van der Waals surface area contributed by atoms with Crippen molar-refractivity contribution in [2.75, 3.05) is 4.90 Å². The van der Waals surface area contributed by atoms with Gasteiger partial charge in [-0.25, -0.2) is 0 Å². The zero-order valence-corrected chi connectivity index (χ0v) is 36.0. The molecule has 13 aromatic rings. The van der Waals surface area contributed by atoms with Gasteiger partial charge >= 0.3 is 0 Å². The topological polar surface area (TPSA) is 18.0 Å². The maximum atomic E-state index is 2.53. The summed E-state index contributed by atoms with van der Waals surface area (Å²) >= 11 is 0. The Balaban J connectivity index is 1.04. The molecule has 0 aliphatic carbocycles. The minimum absolute atomic E-state index is 1.07. The first-order valence-corrected chi connectivity index (χ1v) is 22.6. The number of nitrogens with zero attached hydrogens (tertiary/aromatic N) is 4. The lowest BCUT2D eigenvalue weighted by Gasteiger charge is -2.26. The van der Waals surface area contributed by atoms with Crippen LogP contribution in [0.25, 0.3) is 93.8 Å². The Kier molecular flexibility index (Phi) is 8.81. The van der Waals surface area contributed by atoms with Crippen LogP contribution in [0.4, 0.5) is 17.1 Å². The Labute approximate surface area is 382 Å². The van der Waals surface area contributed by atoms with Crippen molar-refractivity contribution in [1.29, 1.82) is 0 Å². The number of aromatic nitrogens is 3. The standard InChI is InChI=1S/C62H42N4/c1-5-15-43(16-6-1)45-25-29-49(30-26-45)64(50-31-27-46(28-32-50)44-17-7-2-8-18-44)51-33-35-52(36-34-51)66-61-53(37-39-57-56(61)41-42-63(57)47-19-9-3-10-20-47)54-38-40-59-60(62(54)66)55-23-13-14-24-58(55)65(59)48-21-11-4-12-22-48/h1-42H. The van der Waals surface area contributed by atoms with Crippen molar-refractivity contribution in [2.24, 2.45) is 0 Å². The van der Waals surface area contributed by atoms with Crippen molar-refractivity contribution in [1.82, 2.24) is 13.7 Å². The van der Waals surface area contributed by atoms with Crippen molar-refractivity contribution in [3.8, 4) is 39.3 Å². The molecule has 0 saturated carbocycles. The third-order valence-corrected chi connectivity index (χ3v) is 13.3. The van der Waals surface area contributed by atoms with Gasteiger partial charge in [-0.15, -0.1) is 0 Å². The summed E-state index contributed by atoms with van der Waals surface area (Å²) in [6, 6.07) is 90.0. The van der Waals surface area contributed by atoms with Crippen molar-refractivity contribution < 1.29 is 0 Å². The fraction of sp³-hybridized carbons (Fsp3) is 0. The molecule has 0 aliphatic rings. The molecule has 0 aliphatic heterocycles. The van der Waals surface area contributed by atoms with Gasteiger partial charge in [0.15, 0.2) is 0 Å². The first-order chi connectivity index (χ1) is 32.8. The van der Waals surface area contributed by atoms with Crippen molar-refractivity contribution in [3.05, 3.63) is 255 Å². The highest BCUT2D eigenvalue weighted by Crippen LogP contribution is 2.45. The van der Waals surface area contributed by atoms with E-state index in [0.29, 0.717) is 0 Å². The van der Waals surface area contributed by atoms with E-state index in [1.54, 1.807) is 0 Å². The van der Waals surface area contributed by atoms with Crippen LogP contribution in [-0.2, 0) is 0 Å². The van der Waals surface area contributed by atoms with Crippen LogP contribution in [0.15, 0.2) is 255 Å². The maximum absolute atomic E-state index is 2.53. The van der Waals surface area contributed by atoms with Crippen LogP contribution < -0.4 is 4.90 Å². The molecule has 0 bridgehead atoms. The third-order valence-electron chi connectivity index (χ3n) is 13.3. The minimum atomic E-state index is 1.07. The Bertz CT molecular complexity index is 3780. The van der Waals surface area contributed by atoms with Gasteiger partial charge < -0.3 is 18.6 Å². The third kappa shape index (κ3) is 6.07. The van der Waals surface area contributed by atoms with E-state index in [-0.39, 0.29) is 0 Å². The summed E-state index contributed by atoms with van der Waals surface area (Å²) in [4.78, 5) is 2.36. The van der Waals surface area contributed by atoms with Crippen LogP contribution in [0, 0.1) is 0 Å². The van der Waals surface area contributed by atoms with Crippen molar-refractivity contribution in [2.45, 2.75) is 0 Å².